The number of aryl methyl sites for hydroxylation is 1. The van der Waals surface area contributed by atoms with Crippen molar-refractivity contribution in [2.45, 2.75) is 75.9 Å². The Labute approximate surface area is 316 Å². The summed E-state index contributed by atoms with van der Waals surface area (Å²) in [5.74, 6) is -0.232. The highest BCUT2D eigenvalue weighted by atomic mass is 28.3. The summed E-state index contributed by atoms with van der Waals surface area (Å²) in [6.07, 6.45) is 3.89. The van der Waals surface area contributed by atoms with Crippen LogP contribution in [0.2, 0.25) is 18.6 Å². The second kappa shape index (κ2) is 16.1. The van der Waals surface area contributed by atoms with Crippen LogP contribution in [0.4, 0.5) is 17.1 Å². The number of aliphatic hydroxyl groups excluding tert-OH is 1. The molecule has 0 bridgehead atoms. The first kappa shape index (κ1) is 38.7. The number of hydrogen-bond donors (Lipinski definition) is 3. The second-order valence-corrected chi connectivity index (χ2v) is 19.4. The van der Waals surface area contributed by atoms with Crippen molar-refractivity contribution in [2.75, 3.05) is 43.3 Å². The molecule has 1 saturated heterocycles. The van der Waals surface area contributed by atoms with Gasteiger partial charge in [-0.3, -0.25) is 19.1 Å². The lowest BCUT2D eigenvalue weighted by molar-refractivity contribution is -0.146. The molecule has 54 heavy (non-hydrogen) atoms. The maximum Gasteiger partial charge on any atom is 0.305 e. The number of nitrogens with two attached hydrogens (primary N) is 1. The number of hydrogen-bond acceptors (Lipinski definition) is 10. The first-order chi connectivity index (χ1) is 25.9. The van der Waals surface area contributed by atoms with Crippen molar-refractivity contribution < 1.29 is 33.7 Å². The molecule has 1 spiro atoms. The number of anilines is 3. The smallest absolute Gasteiger partial charge is 0.305 e. The molecule has 2 amide bonds. The number of nitrogens with zero attached hydrogens (tertiary/aromatic N) is 4. The van der Waals surface area contributed by atoms with Crippen LogP contribution in [0.3, 0.4) is 0 Å². The number of nitrogen functional groups attached to an aromatic ring is 1. The van der Waals surface area contributed by atoms with E-state index >= 15 is 4.79 Å². The average Bonchev–Trinajstić information content (AvgIpc) is 3.82. The fourth-order valence-electron chi connectivity index (χ4n) is 8.30. The van der Waals surface area contributed by atoms with Gasteiger partial charge in [0.2, 0.25) is 0 Å². The molecule has 6 rings (SSSR count). The van der Waals surface area contributed by atoms with Crippen LogP contribution in [0.1, 0.15) is 54.2 Å². The number of carbonyl (C=O) groups excluding carboxylic acids is 3. The number of fused-ring (bicyclic) bond motifs is 2. The molecule has 0 unspecified atom stereocenters. The summed E-state index contributed by atoms with van der Waals surface area (Å²) < 4.78 is 19.4. The Kier molecular flexibility index (Phi) is 11.5. The standard InChI is InChI=1S/C40H50N6O7Si/c1-26-37(54(4,5)32-16-14-31(51-2)15-17-32)35(19-22-45-25-30(20-23-47)43-44-45)53-40(26)33-24-29(42-38(49)27-9-11-28(41)12-10-27)13-18-34(33)46(39(40)50)21-7-6-8-36(48)52-3/h9-18,24-26,35,37,47H,6-8,19-23,41H2,1-5H3,(H,42,49)/t26-,35+,37-,40+/m0/s1. The predicted molar refractivity (Wildman–Crippen MR) is 208 cm³/mol. The van der Waals surface area contributed by atoms with Crippen LogP contribution in [0.15, 0.2) is 72.9 Å². The van der Waals surface area contributed by atoms with E-state index < -0.39 is 13.7 Å². The number of unbranched alkanes of at least 4 members (excludes halogenated alkanes) is 1. The predicted octanol–water partition coefficient (Wildman–Crippen LogP) is 4.65. The zero-order valence-electron chi connectivity index (χ0n) is 31.6. The molecule has 3 aromatic carbocycles. The molecule has 1 aromatic heterocycles. The van der Waals surface area contributed by atoms with Crippen molar-refractivity contribution in [1.82, 2.24) is 15.0 Å². The summed E-state index contributed by atoms with van der Waals surface area (Å²) in [6, 6.07) is 20.5. The molecule has 4 atom stereocenters. The third-order valence-electron chi connectivity index (χ3n) is 11.1. The van der Waals surface area contributed by atoms with Gasteiger partial charge >= 0.3 is 5.97 Å². The summed E-state index contributed by atoms with van der Waals surface area (Å²) in [5.41, 5.74) is 8.19. The second-order valence-electron chi connectivity index (χ2n) is 14.7. The SMILES string of the molecule is COC(=O)CCCCN1C(=O)[C@]2(O[C@H](CCn3cc(CCO)nn3)[C@@H]([Si](C)(C)c3ccc(OC)cc3)[C@@H]2C)c2cc(NC(=O)c3ccc(N)cc3)ccc21. The van der Waals surface area contributed by atoms with Crippen molar-refractivity contribution in [3.8, 4) is 5.75 Å². The Morgan fingerprint density at radius 3 is 2.46 bits per heavy atom. The molecule has 0 aliphatic carbocycles. The summed E-state index contributed by atoms with van der Waals surface area (Å²) in [7, 11) is 0.602. The quantitative estimate of drug-likeness (QED) is 0.0672. The molecule has 286 valence electrons. The minimum Gasteiger partial charge on any atom is -0.497 e. The van der Waals surface area contributed by atoms with Gasteiger partial charge in [0.25, 0.3) is 11.8 Å². The minimum absolute atomic E-state index is 0.0165. The Morgan fingerprint density at radius 1 is 1.04 bits per heavy atom. The van der Waals surface area contributed by atoms with Crippen LogP contribution >= 0.6 is 0 Å². The van der Waals surface area contributed by atoms with Gasteiger partial charge in [-0.1, -0.05) is 42.6 Å². The summed E-state index contributed by atoms with van der Waals surface area (Å²) in [6.45, 7) is 7.66. The van der Waals surface area contributed by atoms with Crippen LogP contribution in [0.25, 0.3) is 0 Å². The molecule has 14 heteroatoms. The van der Waals surface area contributed by atoms with Gasteiger partial charge in [0.15, 0.2) is 5.60 Å². The van der Waals surface area contributed by atoms with Gasteiger partial charge in [0, 0.05) is 67.2 Å². The van der Waals surface area contributed by atoms with Crippen molar-refractivity contribution in [3.63, 3.8) is 0 Å². The van der Waals surface area contributed by atoms with E-state index in [0.717, 1.165) is 11.4 Å². The van der Waals surface area contributed by atoms with E-state index in [9.17, 15) is 14.7 Å². The topological polar surface area (TPSA) is 171 Å². The van der Waals surface area contributed by atoms with Gasteiger partial charge in [-0.15, -0.1) is 5.10 Å². The highest BCUT2D eigenvalue weighted by Gasteiger charge is 2.66. The Morgan fingerprint density at radius 2 is 1.78 bits per heavy atom. The van der Waals surface area contributed by atoms with Gasteiger partial charge in [-0.2, -0.15) is 0 Å². The number of ether oxygens (including phenoxy) is 3. The molecule has 1 fully saturated rings. The number of nitrogens with one attached hydrogen (secondary N) is 1. The van der Waals surface area contributed by atoms with E-state index in [2.05, 4.69) is 47.8 Å². The first-order valence-corrected chi connectivity index (χ1v) is 21.5. The lowest BCUT2D eigenvalue weighted by Crippen LogP contribution is -2.52. The van der Waals surface area contributed by atoms with Gasteiger partial charge in [0.05, 0.1) is 39.8 Å². The molecular formula is C40H50N6O7Si. The van der Waals surface area contributed by atoms with Crippen molar-refractivity contribution >= 4 is 48.1 Å². The number of esters is 1. The van der Waals surface area contributed by atoms with Crippen molar-refractivity contribution in [3.05, 3.63) is 89.7 Å². The normalized spacial score (nSPS) is 20.7. The van der Waals surface area contributed by atoms with Crippen molar-refractivity contribution in [2.24, 2.45) is 5.92 Å². The molecule has 13 nitrogen and oxygen atoms in total. The summed E-state index contributed by atoms with van der Waals surface area (Å²) in [4.78, 5) is 42.1. The summed E-state index contributed by atoms with van der Waals surface area (Å²) in [5, 5.41) is 22.2. The van der Waals surface area contributed by atoms with Crippen LogP contribution in [0, 0.1) is 5.92 Å². The third kappa shape index (κ3) is 7.50. The molecule has 4 aromatic rings. The monoisotopic (exact) mass is 754 g/mol. The highest BCUT2D eigenvalue weighted by molar-refractivity contribution is 6.91. The van der Waals surface area contributed by atoms with E-state index in [1.165, 1.54) is 12.3 Å². The molecular weight excluding hydrogens is 705 g/mol. The fraction of sp³-hybridized carbons (Fsp3) is 0.425. The lowest BCUT2D eigenvalue weighted by Gasteiger charge is -2.37. The average molecular weight is 755 g/mol. The van der Waals surface area contributed by atoms with E-state index in [4.69, 9.17) is 19.9 Å². The van der Waals surface area contributed by atoms with Crippen LogP contribution in [-0.4, -0.2) is 79.4 Å². The first-order valence-electron chi connectivity index (χ1n) is 18.4. The summed E-state index contributed by atoms with van der Waals surface area (Å²) >= 11 is 0. The van der Waals surface area contributed by atoms with E-state index in [-0.39, 0.29) is 48.4 Å². The number of amides is 2. The molecule has 0 radical (unpaired) electrons. The number of rotatable bonds is 15. The largest absolute Gasteiger partial charge is 0.497 e. The fourth-order valence-corrected chi connectivity index (χ4v) is 12.4. The minimum atomic E-state index is -2.42. The van der Waals surface area contributed by atoms with Gasteiger partial charge in [0.1, 0.15) is 5.75 Å². The van der Waals surface area contributed by atoms with E-state index in [0.29, 0.717) is 67.0 Å². The van der Waals surface area contributed by atoms with Crippen LogP contribution < -0.4 is 25.9 Å². The van der Waals surface area contributed by atoms with Gasteiger partial charge in [-0.05, 0) is 79.4 Å². The Hall–Kier alpha value is -5.05. The number of benzene rings is 3. The zero-order valence-corrected chi connectivity index (χ0v) is 32.6. The number of carbonyl (C=O) groups is 3. The number of aliphatic hydroxyl groups is 1. The zero-order chi connectivity index (χ0) is 38.6. The van der Waals surface area contributed by atoms with Crippen LogP contribution in [-0.2, 0) is 37.6 Å². The molecule has 2 aliphatic heterocycles. The van der Waals surface area contributed by atoms with E-state index in [1.54, 1.807) is 47.0 Å². The van der Waals surface area contributed by atoms with Crippen LogP contribution in [0.5, 0.6) is 5.75 Å². The Bertz CT molecular complexity index is 1970. The van der Waals surface area contributed by atoms with Gasteiger partial charge in [-0.25, -0.2) is 0 Å². The maximum atomic E-state index is 15.1. The molecule has 3 heterocycles. The molecule has 4 N–H and O–H groups in total. The highest BCUT2D eigenvalue weighted by Crippen LogP contribution is 2.60. The molecule has 0 saturated carbocycles. The maximum absolute atomic E-state index is 15.1. The Balaban J connectivity index is 1.40. The van der Waals surface area contributed by atoms with Gasteiger partial charge < -0.3 is 35.3 Å². The van der Waals surface area contributed by atoms with E-state index in [1.807, 2.05) is 30.5 Å². The molecule has 2 aliphatic rings. The van der Waals surface area contributed by atoms with Crippen molar-refractivity contribution in [1.29, 1.82) is 0 Å². The lowest BCUT2D eigenvalue weighted by atomic mass is 9.82. The third-order valence-corrected chi connectivity index (χ3v) is 15.5. The number of aromatic nitrogens is 3. The number of methoxy groups -OCH3 is 2.